The molecule has 0 bridgehead atoms. The minimum atomic E-state index is -2.13. The van der Waals surface area contributed by atoms with E-state index in [-0.39, 0.29) is 18.7 Å². The van der Waals surface area contributed by atoms with Crippen LogP contribution in [-0.4, -0.2) is 44.5 Å². The lowest BCUT2D eigenvalue weighted by molar-refractivity contribution is -0.162. The molecule has 1 unspecified atom stereocenters. The van der Waals surface area contributed by atoms with Crippen molar-refractivity contribution in [3.05, 3.63) is 36.3 Å². The molecule has 0 saturated carbocycles. The summed E-state index contributed by atoms with van der Waals surface area (Å²) in [5.41, 5.74) is -1.47. The molecule has 0 fully saturated rings. The Kier molecular flexibility index (Phi) is 4.63. The SMILES string of the molecule is CCOC(=O)C(CC)(NC(=O)c1cnc2ccccn12)C(=O)O. The zero-order chi connectivity index (χ0) is 17.0. The predicted molar refractivity (Wildman–Crippen MR) is 79.9 cm³/mol. The molecular formula is C15H17N3O5. The van der Waals surface area contributed by atoms with Gasteiger partial charge in [0, 0.05) is 6.20 Å². The van der Waals surface area contributed by atoms with Crippen molar-refractivity contribution in [2.45, 2.75) is 25.8 Å². The highest BCUT2D eigenvalue weighted by Crippen LogP contribution is 2.16. The van der Waals surface area contributed by atoms with Gasteiger partial charge in [0.2, 0.25) is 5.54 Å². The van der Waals surface area contributed by atoms with Crippen molar-refractivity contribution in [1.82, 2.24) is 14.7 Å². The standard InChI is InChI=1S/C15H17N3O5/c1-3-15(13(20)21,14(22)23-4-2)17-12(19)10-9-16-11-7-5-6-8-18(10)11/h5-9H,3-4H2,1-2H3,(H,17,19)(H,20,21). The lowest BCUT2D eigenvalue weighted by Crippen LogP contribution is -2.60. The van der Waals surface area contributed by atoms with Crippen LogP contribution in [0.1, 0.15) is 30.8 Å². The summed E-state index contributed by atoms with van der Waals surface area (Å²) in [6, 6.07) is 5.17. The number of fused-ring (bicyclic) bond motifs is 1. The molecule has 8 heteroatoms. The Hall–Kier alpha value is -2.90. The van der Waals surface area contributed by atoms with E-state index in [1.807, 2.05) is 0 Å². The van der Waals surface area contributed by atoms with Crippen LogP contribution in [0.3, 0.4) is 0 Å². The Morgan fingerprint density at radius 1 is 1.35 bits per heavy atom. The number of carboxylic acids is 1. The smallest absolute Gasteiger partial charge is 0.343 e. The third-order valence-corrected chi connectivity index (χ3v) is 3.50. The highest BCUT2D eigenvalue weighted by atomic mass is 16.5. The lowest BCUT2D eigenvalue weighted by Gasteiger charge is -2.26. The second-order valence-corrected chi connectivity index (χ2v) is 4.81. The Balaban J connectivity index is 2.38. The third kappa shape index (κ3) is 2.87. The molecule has 8 nitrogen and oxygen atoms in total. The Morgan fingerprint density at radius 3 is 2.70 bits per heavy atom. The molecule has 23 heavy (non-hydrogen) atoms. The number of hydrogen-bond acceptors (Lipinski definition) is 5. The highest BCUT2D eigenvalue weighted by Gasteiger charge is 2.48. The van der Waals surface area contributed by atoms with Crippen LogP contribution in [0.4, 0.5) is 0 Å². The predicted octanol–water partition coefficient (Wildman–Crippen LogP) is 0.861. The molecule has 0 spiro atoms. The number of rotatable bonds is 6. The lowest BCUT2D eigenvalue weighted by atomic mass is 9.96. The molecule has 0 aliphatic rings. The number of ether oxygens (including phenoxy) is 1. The molecule has 0 aliphatic heterocycles. The molecular weight excluding hydrogens is 302 g/mol. The molecule has 0 aliphatic carbocycles. The summed E-state index contributed by atoms with van der Waals surface area (Å²) >= 11 is 0. The van der Waals surface area contributed by atoms with Crippen molar-refractivity contribution in [3.8, 4) is 0 Å². The minimum absolute atomic E-state index is 0.0132. The highest BCUT2D eigenvalue weighted by molar-refractivity contribution is 6.09. The van der Waals surface area contributed by atoms with Crippen LogP contribution >= 0.6 is 0 Å². The number of pyridine rings is 1. The molecule has 1 amide bonds. The summed E-state index contributed by atoms with van der Waals surface area (Å²) in [4.78, 5) is 40.2. The molecule has 2 N–H and O–H groups in total. The summed E-state index contributed by atoms with van der Waals surface area (Å²) in [6.07, 6.45) is 2.79. The van der Waals surface area contributed by atoms with Crippen molar-refractivity contribution >= 4 is 23.5 Å². The maximum absolute atomic E-state index is 12.5. The van der Waals surface area contributed by atoms with Crippen molar-refractivity contribution in [2.75, 3.05) is 6.61 Å². The van der Waals surface area contributed by atoms with Gasteiger partial charge in [0.1, 0.15) is 11.3 Å². The number of aliphatic carboxylic acids is 1. The van der Waals surface area contributed by atoms with Gasteiger partial charge >= 0.3 is 11.9 Å². The van der Waals surface area contributed by atoms with Gasteiger partial charge in [-0.05, 0) is 25.5 Å². The van der Waals surface area contributed by atoms with Gasteiger partial charge in [-0.15, -0.1) is 0 Å². The summed E-state index contributed by atoms with van der Waals surface area (Å²) in [5.74, 6) is -3.20. The van der Waals surface area contributed by atoms with Crippen LogP contribution in [0.2, 0.25) is 0 Å². The maximum Gasteiger partial charge on any atom is 0.343 e. The first-order chi connectivity index (χ1) is 11.0. The van der Waals surface area contributed by atoms with Crippen LogP contribution in [0.25, 0.3) is 5.65 Å². The molecule has 2 aromatic rings. The minimum Gasteiger partial charge on any atom is -0.479 e. The van der Waals surface area contributed by atoms with Crippen LogP contribution in [0, 0.1) is 0 Å². The van der Waals surface area contributed by atoms with Crippen molar-refractivity contribution in [1.29, 1.82) is 0 Å². The summed E-state index contributed by atoms with van der Waals surface area (Å²) in [6.45, 7) is 3.06. The van der Waals surface area contributed by atoms with E-state index in [9.17, 15) is 19.5 Å². The molecule has 2 aromatic heterocycles. The zero-order valence-corrected chi connectivity index (χ0v) is 12.8. The number of imidazole rings is 1. The van der Waals surface area contributed by atoms with Gasteiger partial charge in [0.15, 0.2) is 0 Å². The fourth-order valence-electron chi connectivity index (χ4n) is 2.19. The average Bonchev–Trinajstić information content (AvgIpc) is 2.96. The summed E-state index contributed by atoms with van der Waals surface area (Å²) in [7, 11) is 0. The first kappa shape index (κ1) is 16.5. The van der Waals surface area contributed by atoms with E-state index in [0.717, 1.165) is 0 Å². The molecule has 0 aromatic carbocycles. The van der Waals surface area contributed by atoms with Crippen LogP contribution < -0.4 is 5.32 Å². The van der Waals surface area contributed by atoms with Crippen LogP contribution in [0.15, 0.2) is 30.6 Å². The normalized spacial score (nSPS) is 13.3. The van der Waals surface area contributed by atoms with Gasteiger partial charge in [-0.25, -0.2) is 14.6 Å². The number of carboxylic acid groups (broad SMARTS) is 1. The Bertz CT molecular complexity index is 754. The number of aromatic nitrogens is 2. The molecule has 0 radical (unpaired) electrons. The van der Waals surface area contributed by atoms with Gasteiger partial charge < -0.3 is 15.2 Å². The van der Waals surface area contributed by atoms with E-state index in [1.54, 1.807) is 31.3 Å². The van der Waals surface area contributed by atoms with Gasteiger partial charge in [-0.1, -0.05) is 13.0 Å². The Labute approximate surface area is 132 Å². The number of esters is 1. The largest absolute Gasteiger partial charge is 0.479 e. The van der Waals surface area contributed by atoms with Crippen molar-refractivity contribution in [2.24, 2.45) is 0 Å². The van der Waals surface area contributed by atoms with Crippen LogP contribution in [0.5, 0.6) is 0 Å². The number of carbonyl (C=O) groups is 3. The quantitative estimate of drug-likeness (QED) is 0.603. The third-order valence-electron chi connectivity index (χ3n) is 3.50. The van der Waals surface area contributed by atoms with Crippen LogP contribution in [-0.2, 0) is 14.3 Å². The number of amides is 1. The number of hydrogen-bond donors (Lipinski definition) is 2. The van der Waals surface area contributed by atoms with E-state index in [1.165, 1.54) is 17.5 Å². The number of nitrogens with zero attached hydrogens (tertiary/aromatic N) is 2. The van der Waals surface area contributed by atoms with E-state index >= 15 is 0 Å². The molecule has 122 valence electrons. The average molecular weight is 319 g/mol. The van der Waals surface area contributed by atoms with Crippen molar-refractivity contribution < 1.29 is 24.2 Å². The van der Waals surface area contributed by atoms with E-state index in [0.29, 0.717) is 5.65 Å². The van der Waals surface area contributed by atoms with E-state index in [4.69, 9.17) is 4.74 Å². The second kappa shape index (κ2) is 6.47. The first-order valence-electron chi connectivity index (χ1n) is 7.11. The van der Waals surface area contributed by atoms with Gasteiger partial charge in [0.25, 0.3) is 5.91 Å². The van der Waals surface area contributed by atoms with Gasteiger partial charge in [0.05, 0.1) is 12.8 Å². The second-order valence-electron chi connectivity index (χ2n) is 4.81. The van der Waals surface area contributed by atoms with Gasteiger partial charge in [-0.3, -0.25) is 9.20 Å². The molecule has 2 heterocycles. The van der Waals surface area contributed by atoms with E-state index in [2.05, 4.69) is 10.3 Å². The number of nitrogens with one attached hydrogen (secondary N) is 1. The Morgan fingerprint density at radius 2 is 2.09 bits per heavy atom. The van der Waals surface area contributed by atoms with Gasteiger partial charge in [-0.2, -0.15) is 0 Å². The fraction of sp³-hybridized carbons (Fsp3) is 0.333. The summed E-state index contributed by atoms with van der Waals surface area (Å²) < 4.78 is 6.31. The molecule has 1 atom stereocenters. The maximum atomic E-state index is 12.5. The van der Waals surface area contributed by atoms with E-state index < -0.39 is 23.4 Å². The number of carbonyl (C=O) groups excluding carboxylic acids is 2. The zero-order valence-electron chi connectivity index (χ0n) is 12.8. The van der Waals surface area contributed by atoms with Crippen molar-refractivity contribution in [3.63, 3.8) is 0 Å². The molecule has 2 rings (SSSR count). The summed E-state index contributed by atoms with van der Waals surface area (Å²) in [5, 5.41) is 11.7. The fourth-order valence-corrected chi connectivity index (χ4v) is 2.19. The molecule has 0 saturated heterocycles. The topological polar surface area (TPSA) is 110 Å². The first-order valence-corrected chi connectivity index (χ1v) is 7.11. The monoisotopic (exact) mass is 319 g/mol.